The average molecular weight is 213 g/mol. The van der Waals surface area contributed by atoms with Crippen molar-refractivity contribution in [3.05, 3.63) is 0 Å². The molecule has 1 N–H and O–H groups in total. The molecule has 0 aromatic heterocycles. The minimum atomic E-state index is -0.856. The van der Waals surface area contributed by atoms with Crippen LogP contribution in [-0.2, 0) is 9.59 Å². The van der Waals surface area contributed by atoms with Crippen LogP contribution >= 0.6 is 0 Å². The summed E-state index contributed by atoms with van der Waals surface area (Å²) in [5.74, 6) is -1.72. The van der Waals surface area contributed by atoms with Gasteiger partial charge in [-0.05, 0) is 19.3 Å². The first kappa shape index (κ1) is 12.0. The van der Waals surface area contributed by atoms with E-state index < -0.39 is 11.9 Å². The number of rotatable bonds is 4. The van der Waals surface area contributed by atoms with Gasteiger partial charge >= 0.3 is 5.97 Å². The fourth-order valence-corrected chi connectivity index (χ4v) is 2.29. The van der Waals surface area contributed by atoms with Gasteiger partial charge in [0.25, 0.3) is 0 Å². The van der Waals surface area contributed by atoms with E-state index in [1.54, 1.807) is 4.90 Å². The van der Waals surface area contributed by atoms with E-state index in [0.29, 0.717) is 13.1 Å². The van der Waals surface area contributed by atoms with E-state index >= 15 is 0 Å². The topological polar surface area (TPSA) is 57.6 Å². The van der Waals surface area contributed by atoms with Crippen LogP contribution in [0.3, 0.4) is 0 Å². The Morgan fingerprint density at radius 1 is 1.20 bits per heavy atom. The van der Waals surface area contributed by atoms with Crippen LogP contribution in [0.2, 0.25) is 0 Å². The van der Waals surface area contributed by atoms with Crippen molar-refractivity contribution in [2.75, 3.05) is 13.1 Å². The van der Waals surface area contributed by atoms with Crippen molar-refractivity contribution >= 4 is 11.9 Å². The van der Waals surface area contributed by atoms with Gasteiger partial charge in [0, 0.05) is 13.1 Å². The fraction of sp³-hybridized carbons (Fsp3) is 0.818. The molecule has 4 nitrogen and oxygen atoms in total. The van der Waals surface area contributed by atoms with Crippen molar-refractivity contribution in [2.24, 2.45) is 17.3 Å². The lowest BCUT2D eigenvalue weighted by Gasteiger charge is -2.19. The lowest BCUT2D eigenvalue weighted by Crippen LogP contribution is -2.33. The molecule has 86 valence electrons. The number of carbonyl (C=O) groups is 2. The van der Waals surface area contributed by atoms with Gasteiger partial charge in [0.1, 0.15) is 0 Å². The molecule has 0 bridgehead atoms. The Labute approximate surface area is 90.3 Å². The lowest BCUT2D eigenvalue weighted by atomic mass is 10.1. The van der Waals surface area contributed by atoms with Gasteiger partial charge in [0.15, 0.2) is 0 Å². The zero-order valence-electron chi connectivity index (χ0n) is 9.78. The third-order valence-electron chi connectivity index (χ3n) is 3.43. The van der Waals surface area contributed by atoms with Crippen LogP contribution in [0.25, 0.3) is 0 Å². The van der Waals surface area contributed by atoms with Gasteiger partial charge in [-0.3, -0.25) is 9.59 Å². The summed E-state index contributed by atoms with van der Waals surface area (Å²) in [6.45, 7) is 8.80. The average Bonchev–Trinajstić information content (AvgIpc) is 2.71. The second kappa shape index (κ2) is 3.83. The van der Waals surface area contributed by atoms with Crippen LogP contribution in [0.1, 0.15) is 27.7 Å². The normalized spacial score (nSPS) is 27.2. The van der Waals surface area contributed by atoms with Crippen LogP contribution < -0.4 is 0 Å². The predicted octanol–water partition coefficient (Wildman–Crippen LogP) is 1.21. The molecule has 15 heavy (non-hydrogen) atoms. The first-order valence-corrected chi connectivity index (χ1v) is 5.39. The van der Waals surface area contributed by atoms with Crippen molar-refractivity contribution in [1.29, 1.82) is 0 Å². The Balaban J connectivity index is 2.75. The summed E-state index contributed by atoms with van der Waals surface area (Å²) in [6, 6.07) is 0. The maximum atomic E-state index is 12.0. The summed E-state index contributed by atoms with van der Waals surface area (Å²) in [5, 5.41) is 8.96. The second-order valence-electron chi connectivity index (χ2n) is 4.63. The maximum absolute atomic E-state index is 12.0. The van der Waals surface area contributed by atoms with Crippen molar-refractivity contribution in [3.8, 4) is 0 Å². The molecule has 0 spiro atoms. The van der Waals surface area contributed by atoms with E-state index in [9.17, 15) is 9.59 Å². The van der Waals surface area contributed by atoms with Gasteiger partial charge in [0.05, 0.1) is 11.8 Å². The third kappa shape index (κ3) is 1.85. The molecule has 0 aliphatic heterocycles. The molecule has 1 amide bonds. The molecule has 1 fully saturated rings. The Morgan fingerprint density at radius 2 is 1.67 bits per heavy atom. The van der Waals surface area contributed by atoms with Crippen molar-refractivity contribution in [2.45, 2.75) is 27.7 Å². The molecule has 1 aliphatic carbocycles. The van der Waals surface area contributed by atoms with Crippen LogP contribution in [0, 0.1) is 17.3 Å². The molecule has 0 aromatic carbocycles. The Hall–Kier alpha value is -1.06. The van der Waals surface area contributed by atoms with E-state index in [1.165, 1.54) is 0 Å². The van der Waals surface area contributed by atoms with E-state index in [4.69, 9.17) is 5.11 Å². The minimum absolute atomic E-state index is 0.0163. The van der Waals surface area contributed by atoms with Crippen molar-refractivity contribution in [1.82, 2.24) is 4.90 Å². The molecule has 1 saturated carbocycles. The standard InChI is InChI=1S/C11H19NO3/c1-5-12(6-2)9(13)7-8(10(14)15)11(7,3)4/h7-8H,5-6H2,1-4H3,(H,14,15)/t7-,8+/m1/s1. The van der Waals surface area contributed by atoms with Crippen molar-refractivity contribution in [3.63, 3.8) is 0 Å². The summed E-state index contributed by atoms with van der Waals surface area (Å²) in [6.07, 6.45) is 0. The maximum Gasteiger partial charge on any atom is 0.307 e. The number of nitrogens with zero attached hydrogens (tertiary/aromatic N) is 1. The Morgan fingerprint density at radius 3 is 1.93 bits per heavy atom. The number of carboxylic acid groups (broad SMARTS) is 1. The number of amides is 1. The summed E-state index contributed by atoms with van der Waals surface area (Å²) in [4.78, 5) is 24.6. The summed E-state index contributed by atoms with van der Waals surface area (Å²) in [5.41, 5.74) is -0.383. The van der Waals surface area contributed by atoms with Gasteiger partial charge < -0.3 is 10.0 Å². The molecule has 0 radical (unpaired) electrons. The van der Waals surface area contributed by atoms with E-state index in [-0.39, 0.29) is 17.2 Å². The summed E-state index contributed by atoms with van der Waals surface area (Å²) in [7, 11) is 0. The van der Waals surface area contributed by atoms with Gasteiger partial charge in [-0.2, -0.15) is 0 Å². The first-order chi connectivity index (χ1) is 6.87. The van der Waals surface area contributed by atoms with Crippen LogP contribution in [0.4, 0.5) is 0 Å². The molecule has 0 aromatic rings. The summed E-state index contributed by atoms with van der Waals surface area (Å²) >= 11 is 0. The molecule has 1 rings (SSSR count). The predicted molar refractivity (Wildman–Crippen MR) is 56.3 cm³/mol. The summed E-state index contributed by atoms with van der Waals surface area (Å²) < 4.78 is 0. The van der Waals surface area contributed by atoms with Gasteiger partial charge in [-0.15, -0.1) is 0 Å². The number of hydrogen-bond acceptors (Lipinski definition) is 2. The van der Waals surface area contributed by atoms with E-state index in [2.05, 4.69) is 0 Å². The Bertz CT molecular complexity index is 282. The van der Waals surface area contributed by atoms with Gasteiger partial charge in [0.2, 0.25) is 5.91 Å². The van der Waals surface area contributed by atoms with E-state index in [1.807, 2.05) is 27.7 Å². The molecule has 1 aliphatic rings. The van der Waals surface area contributed by atoms with Crippen LogP contribution in [0.5, 0.6) is 0 Å². The van der Waals surface area contributed by atoms with Crippen LogP contribution in [0.15, 0.2) is 0 Å². The Kier molecular flexibility index (Phi) is 3.07. The second-order valence-corrected chi connectivity index (χ2v) is 4.63. The van der Waals surface area contributed by atoms with Gasteiger partial charge in [-0.1, -0.05) is 13.8 Å². The van der Waals surface area contributed by atoms with E-state index in [0.717, 1.165) is 0 Å². The largest absolute Gasteiger partial charge is 0.481 e. The smallest absolute Gasteiger partial charge is 0.307 e. The lowest BCUT2D eigenvalue weighted by molar-refractivity contribution is -0.142. The monoisotopic (exact) mass is 213 g/mol. The zero-order valence-corrected chi connectivity index (χ0v) is 9.78. The zero-order chi connectivity index (χ0) is 11.8. The highest BCUT2D eigenvalue weighted by atomic mass is 16.4. The molecule has 0 heterocycles. The molecular formula is C11H19NO3. The minimum Gasteiger partial charge on any atom is -0.481 e. The first-order valence-electron chi connectivity index (χ1n) is 5.39. The highest BCUT2D eigenvalue weighted by molar-refractivity contribution is 5.91. The highest BCUT2D eigenvalue weighted by Gasteiger charge is 2.66. The van der Waals surface area contributed by atoms with Gasteiger partial charge in [-0.25, -0.2) is 0 Å². The fourth-order valence-electron chi connectivity index (χ4n) is 2.29. The highest BCUT2D eigenvalue weighted by Crippen LogP contribution is 2.58. The number of hydrogen-bond donors (Lipinski definition) is 1. The molecule has 2 atom stereocenters. The SMILES string of the molecule is CCN(CC)C(=O)[C@H]1[C@@H](C(=O)O)C1(C)C. The number of carbonyl (C=O) groups excluding carboxylic acids is 1. The molecule has 0 saturated heterocycles. The quantitative estimate of drug-likeness (QED) is 0.763. The molecule has 4 heteroatoms. The van der Waals surface area contributed by atoms with Crippen molar-refractivity contribution < 1.29 is 14.7 Å². The third-order valence-corrected chi connectivity index (χ3v) is 3.43. The molecule has 0 unspecified atom stereocenters. The van der Waals surface area contributed by atoms with Crippen LogP contribution in [-0.4, -0.2) is 35.0 Å². The number of carboxylic acids is 1. The molecular weight excluding hydrogens is 194 g/mol. The number of aliphatic carboxylic acids is 1.